The summed E-state index contributed by atoms with van der Waals surface area (Å²) in [6, 6.07) is 21.6. The third kappa shape index (κ3) is 4.78. The van der Waals surface area contributed by atoms with Crippen molar-refractivity contribution in [3.05, 3.63) is 89.5 Å². The van der Waals surface area contributed by atoms with Crippen molar-refractivity contribution in [2.24, 2.45) is 0 Å². The third-order valence-electron chi connectivity index (χ3n) is 4.75. The number of amides is 2. The van der Waals surface area contributed by atoms with E-state index in [1.165, 1.54) is 0 Å². The van der Waals surface area contributed by atoms with Gasteiger partial charge in [-0.15, -0.1) is 0 Å². The zero-order valence-electron chi connectivity index (χ0n) is 16.4. The molecule has 6 heteroatoms. The van der Waals surface area contributed by atoms with Gasteiger partial charge < -0.3 is 20.1 Å². The largest absolute Gasteiger partial charge is 0.486 e. The molecular formula is C24H22N2O4. The Balaban J connectivity index is 1.28. The Bertz CT molecular complexity index is 1030. The number of benzene rings is 3. The topological polar surface area (TPSA) is 76.7 Å². The molecule has 0 spiro atoms. The molecule has 30 heavy (non-hydrogen) atoms. The zero-order chi connectivity index (χ0) is 20.8. The first-order valence-corrected chi connectivity index (χ1v) is 9.82. The Morgan fingerprint density at radius 2 is 1.47 bits per heavy atom. The SMILES string of the molecule is O=C(NCCc1ccc2c(c1)OCCO2)c1ccc(NC(=O)c2ccccc2)cc1. The fourth-order valence-corrected chi connectivity index (χ4v) is 3.16. The lowest BCUT2D eigenvalue weighted by Gasteiger charge is -2.18. The van der Waals surface area contributed by atoms with E-state index in [1.807, 2.05) is 36.4 Å². The van der Waals surface area contributed by atoms with Gasteiger partial charge in [-0.3, -0.25) is 9.59 Å². The maximum atomic E-state index is 12.4. The van der Waals surface area contributed by atoms with Crippen molar-refractivity contribution in [3.63, 3.8) is 0 Å². The molecule has 0 bridgehead atoms. The monoisotopic (exact) mass is 402 g/mol. The van der Waals surface area contributed by atoms with Gasteiger partial charge in [-0.05, 0) is 60.5 Å². The molecule has 1 aliphatic rings. The van der Waals surface area contributed by atoms with Crippen LogP contribution in [0.4, 0.5) is 5.69 Å². The van der Waals surface area contributed by atoms with Crippen LogP contribution in [0.1, 0.15) is 26.3 Å². The molecule has 2 amide bonds. The number of carbonyl (C=O) groups excluding carboxylic acids is 2. The smallest absolute Gasteiger partial charge is 0.255 e. The predicted molar refractivity (Wildman–Crippen MR) is 114 cm³/mol. The van der Waals surface area contributed by atoms with E-state index < -0.39 is 0 Å². The molecule has 0 unspecified atom stereocenters. The standard InChI is InChI=1S/C24H22N2O4/c27-23(25-13-12-17-6-11-21-22(16-17)30-15-14-29-21)19-7-9-20(10-8-19)26-24(28)18-4-2-1-3-5-18/h1-11,16H,12-15H2,(H,25,27)(H,26,28). The molecule has 4 rings (SSSR count). The van der Waals surface area contributed by atoms with Crippen molar-refractivity contribution >= 4 is 17.5 Å². The van der Waals surface area contributed by atoms with Gasteiger partial charge in [-0.2, -0.15) is 0 Å². The molecule has 3 aromatic carbocycles. The molecule has 0 radical (unpaired) electrons. The summed E-state index contributed by atoms with van der Waals surface area (Å²) in [4.78, 5) is 24.6. The van der Waals surface area contributed by atoms with E-state index in [-0.39, 0.29) is 11.8 Å². The Morgan fingerprint density at radius 3 is 2.23 bits per heavy atom. The molecule has 0 fully saturated rings. The minimum atomic E-state index is -0.188. The summed E-state index contributed by atoms with van der Waals surface area (Å²) in [7, 11) is 0. The van der Waals surface area contributed by atoms with Crippen LogP contribution in [0.15, 0.2) is 72.8 Å². The van der Waals surface area contributed by atoms with Gasteiger partial charge in [0.15, 0.2) is 11.5 Å². The lowest BCUT2D eigenvalue weighted by Crippen LogP contribution is -2.25. The molecule has 0 aromatic heterocycles. The number of fused-ring (bicyclic) bond motifs is 1. The van der Waals surface area contributed by atoms with E-state index in [1.54, 1.807) is 36.4 Å². The van der Waals surface area contributed by atoms with E-state index in [9.17, 15) is 9.59 Å². The molecule has 0 saturated carbocycles. The molecule has 0 aliphatic carbocycles. The van der Waals surface area contributed by atoms with Crippen LogP contribution in [0.25, 0.3) is 0 Å². The summed E-state index contributed by atoms with van der Waals surface area (Å²) in [6.45, 7) is 1.62. The Labute approximate surface area is 174 Å². The van der Waals surface area contributed by atoms with Crippen LogP contribution < -0.4 is 20.1 Å². The quantitative estimate of drug-likeness (QED) is 0.659. The van der Waals surface area contributed by atoms with Crippen LogP contribution in [-0.4, -0.2) is 31.6 Å². The number of hydrogen-bond donors (Lipinski definition) is 2. The number of nitrogens with one attached hydrogen (secondary N) is 2. The van der Waals surface area contributed by atoms with Gasteiger partial charge in [0.1, 0.15) is 13.2 Å². The molecule has 2 N–H and O–H groups in total. The van der Waals surface area contributed by atoms with Gasteiger partial charge in [0.2, 0.25) is 0 Å². The van der Waals surface area contributed by atoms with E-state index >= 15 is 0 Å². The van der Waals surface area contributed by atoms with Crippen LogP contribution in [0, 0.1) is 0 Å². The Kier molecular flexibility index (Phi) is 5.94. The summed E-state index contributed by atoms with van der Waals surface area (Å²) in [6.07, 6.45) is 0.688. The van der Waals surface area contributed by atoms with Crippen molar-refractivity contribution in [1.82, 2.24) is 5.32 Å². The molecular weight excluding hydrogens is 380 g/mol. The average molecular weight is 402 g/mol. The van der Waals surface area contributed by atoms with Gasteiger partial charge in [0.25, 0.3) is 11.8 Å². The second-order valence-electron chi connectivity index (χ2n) is 6.88. The lowest BCUT2D eigenvalue weighted by atomic mass is 10.1. The van der Waals surface area contributed by atoms with E-state index in [4.69, 9.17) is 9.47 Å². The summed E-state index contributed by atoms with van der Waals surface area (Å²) in [5.74, 6) is 1.16. The van der Waals surface area contributed by atoms with Gasteiger partial charge in [0, 0.05) is 23.4 Å². The van der Waals surface area contributed by atoms with Crippen LogP contribution in [-0.2, 0) is 6.42 Å². The fourth-order valence-electron chi connectivity index (χ4n) is 3.16. The molecule has 0 saturated heterocycles. The van der Waals surface area contributed by atoms with Crippen molar-refractivity contribution in [2.45, 2.75) is 6.42 Å². The molecule has 0 atom stereocenters. The van der Waals surface area contributed by atoms with Crippen molar-refractivity contribution in [3.8, 4) is 11.5 Å². The van der Waals surface area contributed by atoms with E-state index in [2.05, 4.69) is 10.6 Å². The molecule has 6 nitrogen and oxygen atoms in total. The van der Waals surface area contributed by atoms with Gasteiger partial charge in [-0.25, -0.2) is 0 Å². The van der Waals surface area contributed by atoms with Crippen LogP contribution in [0.2, 0.25) is 0 Å². The number of hydrogen-bond acceptors (Lipinski definition) is 4. The predicted octanol–water partition coefficient (Wildman–Crippen LogP) is 3.68. The van der Waals surface area contributed by atoms with Crippen molar-refractivity contribution in [2.75, 3.05) is 25.1 Å². The summed E-state index contributed by atoms with van der Waals surface area (Å²) in [5, 5.41) is 5.74. The second kappa shape index (κ2) is 9.13. The highest BCUT2D eigenvalue weighted by atomic mass is 16.6. The van der Waals surface area contributed by atoms with Crippen LogP contribution in [0.5, 0.6) is 11.5 Å². The van der Waals surface area contributed by atoms with Gasteiger partial charge in [0.05, 0.1) is 0 Å². The van der Waals surface area contributed by atoms with Gasteiger partial charge in [-0.1, -0.05) is 24.3 Å². The third-order valence-corrected chi connectivity index (χ3v) is 4.75. The van der Waals surface area contributed by atoms with Gasteiger partial charge >= 0.3 is 0 Å². The number of carbonyl (C=O) groups is 2. The van der Waals surface area contributed by atoms with Crippen molar-refractivity contribution < 1.29 is 19.1 Å². The Morgan fingerprint density at radius 1 is 0.767 bits per heavy atom. The molecule has 1 heterocycles. The Hall–Kier alpha value is -3.80. The number of ether oxygens (including phenoxy) is 2. The first-order valence-electron chi connectivity index (χ1n) is 9.82. The average Bonchev–Trinajstić information content (AvgIpc) is 2.80. The fraction of sp³-hybridized carbons (Fsp3) is 0.167. The highest BCUT2D eigenvalue weighted by Crippen LogP contribution is 2.30. The first kappa shape index (κ1) is 19.5. The van der Waals surface area contributed by atoms with Crippen LogP contribution in [0.3, 0.4) is 0 Å². The normalized spacial score (nSPS) is 12.1. The molecule has 152 valence electrons. The maximum absolute atomic E-state index is 12.4. The lowest BCUT2D eigenvalue weighted by molar-refractivity contribution is 0.0953. The maximum Gasteiger partial charge on any atom is 0.255 e. The summed E-state index contributed by atoms with van der Waals surface area (Å²) >= 11 is 0. The number of anilines is 1. The second-order valence-corrected chi connectivity index (χ2v) is 6.88. The van der Waals surface area contributed by atoms with E-state index in [0.717, 1.165) is 17.1 Å². The summed E-state index contributed by atoms with van der Waals surface area (Å²) in [5.41, 5.74) is 2.82. The minimum absolute atomic E-state index is 0.159. The van der Waals surface area contributed by atoms with Crippen molar-refractivity contribution in [1.29, 1.82) is 0 Å². The molecule has 1 aliphatic heterocycles. The highest BCUT2D eigenvalue weighted by Gasteiger charge is 2.12. The van der Waals surface area contributed by atoms with E-state index in [0.29, 0.717) is 43.0 Å². The number of rotatable bonds is 6. The highest BCUT2D eigenvalue weighted by molar-refractivity contribution is 6.04. The minimum Gasteiger partial charge on any atom is -0.486 e. The zero-order valence-corrected chi connectivity index (χ0v) is 16.4. The van der Waals surface area contributed by atoms with Crippen LogP contribution >= 0.6 is 0 Å². The molecule has 3 aromatic rings. The first-order chi connectivity index (χ1) is 14.7. The summed E-state index contributed by atoms with van der Waals surface area (Å²) < 4.78 is 11.1.